The number of rotatable bonds is 0. The number of fused-ring (bicyclic) bond motifs is 3. The van der Waals surface area contributed by atoms with Crippen molar-refractivity contribution in [1.29, 1.82) is 0 Å². The molecular weight excluding hydrogens is 200 g/mol. The minimum Gasteiger partial charge on any atom is -0.465 e. The number of hydrogen-bond acceptors (Lipinski definition) is 2. The predicted octanol–water partition coefficient (Wildman–Crippen LogP) is 3.01. The Labute approximate surface area is 97.7 Å². The highest BCUT2D eigenvalue weighted by Gasteiger charge is 2.63. The van der Waals surface area contributed by atoms with Crippen LogP contribution < -0.4 is 0 Å². The van der Waals surface area contributed by atoms with Crippen LogP contribution in [0.5, 0.6) is 0 Å². The lowest BCUT2D eigenvalue weighted by molar-refractivity contribution is -0.150. The molecule has 3 aliphatic rings. The highest BCUT2D eigenvalue weighted by molar-refractivity contribution is 5.79. The molecule has 90 valence electrons. The molecule has 2 heteroatoms. The van der Waals surface area contributed by atoms with Gasteiger partial charge in [-0.05, 0) is 48.9 Å². The molecule has 3 fully saturated rings. The topological polar surface area (TPSA) is 26.3 Å². The molecule has 1 heterocycles. The quantitative estimate of drug-likeness (QED) is 0.589. The number of esters is 1. The lowest BCUT2D eigenvalue weighted by atomic mass is 9.61. The molecule has 1 aliphatic heterocycles. The summed E-state index contributed by atoms with van der Waals surface area (Å²) < 4.78 is 5.27. The molecule has 0 radical (unpaired) electrons. The second-order valence-corrected chi connectivity index (χ2v) is 7.16. The summed E-state index contributed by atoms with van der Waals surface area (Å²) in [5.74, 6) is 2.23. The fourth-order valence-corrected chi connectivity index (χ4v) is 4.64. The van der Waals surface area contributed by atoms with Crippen molar-refractivity contribution in [3.63, 3.8) is 0 Å². The molecule has 1 saturated heterocycles. The first-order chi connectivity index (χ1) is 7.43. The van der Waals surface area contributed by atoms with E-state index in [4.69, 9.17) is 4.74 Å². The van der Waals surface area contributed by atoms with Gasteiger partial charge in [-0.3, -0.25) is 4.79 Å². The summed E-state index contributed by atoms with van der Waals surface area (Å²) in [5, 5.41) is 0. The molecule has 4 unspecified atom stereocenters. The van der Waals surface area contributed by atoms with Gasteiger partial charge in [-0.1, -0.05) is 20.8 Å². The number of carbonyl (C=O) groups is 1. The van der Waals surface area contributed by atoms with Crippen molar-refractivity contribution in [3.05, 3.63) is 0 Å². The molecule has 0 aromatic rings. The molecule has 4 atom stereocenters. The molecule has 16 heavy (non-hydrogen) atoms. The van der Waals surface area contributed by atoms with Gasteiger partial charge in [-0.25, -0.2) is 0 Å². The average Bonchev–Trinajstić information content (AvgIpc) is 2.81. The molecule has 2 bridgehead atoms. The number of cyclic esters (lactones) is 1. The monoisotopic (exact) mass is 222 g/mol. The maximum absolute atomic E-state index is 12.0. The van der Waals surface area contributed by atoms with Crippen LogP contribution in [-0.4, -0.2) is 12.6 Å². The standard InChI is InChI=1S/C14H22O2/c1-13(2,3)10-6-9-7-11(10)14(8-9)4-5-16-12(14)15/h9-11H,4-8H2,1-3H3. The molecule has 0 amide bonds. The largest absolute Gasteiger partial charge is 0.465 e. The van der Waals surface area contributed by atoms with Crippen LogP contribution in [0, 0.1) is 28.6 Å². The Bertz CT molecular complexity index is 328. The third-order valence-electron chi connectivity index (χ3n) is 5.32. The Hall–Kier alpha value is -0.530. The van der Waals surface area contributed by atoms with Crippen LogP contribution in [0.1, 0.15) is 46.5 Å². The van der Waals surface area contributed by atoms with E-state index < -0.39 is 0 Å². The van der Waals surface area contributed by atoms with Crippen LogP contribution in [0.4, 0.5) is 0 Å². The summed E-state index contributed by atoms with van der Waals surface area (Å²) in [7, 11) is 0. The van der Waals surface area contributed by atoms with E-state index in [0.717, 1.165) is 24.7 Å². The van der Waals surface area contributed by atoms with E-state index in [9.17, 15) is 4.79 Å². The molecule has 0 aromatic carbocycles. The van der Waals surface area contributed by atoms with Gasteiger partial charge < -0.3 is 4.74 Å². The number of ether oxygens (including phenoxy) is 1. The van der Waals surface area contributed by atoms with Crippen molar-refractivity contribution in [1.82, 2.24) is 0 Å². The summed E-state index contributed by atoms with van der Waals surface area (Å²) in [5.41, 5.74) is 0.274. The van der Waals surface area contributed by atoms with E-state index >= 15 is 0 Å². The van der Waals surface area contributed by atoms with Gasteiger partial charge in [0.1, 0.15) is 0 Å². The van der Waals surface area contributed by atoms with Gasteiger partial charge in [-0.2, -0.15) is 0 Å². The molecule has 2 saturated carbocycles. The summed E-state index contributed by atoms with van der Waals surface area (Å²) in [4.78, 5) is 12.0. The summed E-state index contributed by atoms with van der Waals surface area (Å²) in [6.07, 6.45) is 4.71. The molecule has 0 aromatic heterocycles. The van der Waals surface area contributed by atoms with Gasteiger partial charge in [0.25, 0.3) is 0 Å². The van der Waals surface area contributed by atoms with Crippen LogP contribution in [0.15, 0.2) is 0 Å². The Kier molecular flexibility index (Phi) is 2.01. The SMILES string of the molecule is CC(C)(C)C1CC2CC1C1(CCOC1=O)C2. The van der Waals surface area contributed by atoms with Gasteiger partial charge in [0.2, 0.25) is 0 Å². The first-order valence-corrected chi connectivity index (χ1v) is 6.61. The Balaban J connectivity index is 1.93. The first kappa shape index (κ1) is 10.6. The minimum atomic E-state index is -0.0686. The third kappa shape index (κ3) is 1.22. The fourth-order valence-electron chi connectivity index (χ4n) is 4.64. The Morgan fingerprint density at radius 1 is 1.31 bits per heavy atom. The van der Waals surface area contributed by atoms with Gasteiger partial charge in [0.15, 0.2) is 0 Å². The zero-order chi connectivity index (χ0) is 11.6. The molecule has 2 aliphatic carbocycles. The van der Waals surface area contributed by atoms with Crippen molar-refractivity contribution in [2.75, 3.05) is 6.61 Å². The zero-order valence-corrected chi connectivity index (χ0v) is 10.6. The van der Waals surface area contributed by atoms with Crippen LogP contribution >= 0.6 is 0 Å². The second kappa shape index (κ2) is 3.02. The molecule has 0 N–H and O–H groups in total. The van der Waals surface area contributed by atoms with Gasteiger partial charge >= 0.3 is 5.97 Å². The maximum atomic E-state index is 12.0. The van der Waals surface area contributed by atoms with E-state index in [0.29, 0.717) is 17.9 Å². The molecule has 1 spiro atoms. The average molecular weight is 222 g/mol. The van der Waals surface area contributed by atoms with Crippen LogP contribution in [0.3, 0.4) is 0 Å². The van der Waals surface area contributed by atoms with E-state index in [1.165, 1.54) is 12.8 Å². The fraction of sp³-hybridized carbons (Fsp3) is 0.929. The van der Waals surface area contributed by atoms with Crippen molar-refractivity contribution in [3.8, 4) is 0 Å². The molecular formula is C14H22O2. The van der Waals surface area contributed by atoms with Crippen LogP contribution in [0.25, 0.3) is 0 Å². The summed E-state index contributed by atoms with van der Waals surface area (Å²) in [6, 6.07) is 0. The lowest BCUT2D eigenvalue weighted by Gasteiger charge is -2.42. The predicted molar refractivity (Wildman–Crippen MR) is 61.8 cm³/mol. The normalized spacial score (nSPS) is 46.7. The third-order valence-corrected chi connectivity index (χ3v) is 5.32. The van der Waals surface area contributed by atoms with Crippen molar-refractivity contribution in [2.45, 2.75) is 46.5 Å². The first-order valence-electron chi connectivity index (χ1n) is 6.61. The molecule has 2 nitrogen and oxygen atoms in total. The van der Waals surface area contributed by atoms with Gasteiger partial charge in [0.05, 0.1) is 12.0 Å². The van der Waals surface area contributed by atoms with E-state index in [-0.39, 0.29) is 11.4 Å². The molecule has 3 rings (SSSR count). The zero-order valence-electron chi connectivity index (χ0n) is 10.6. The van der Waals surface area contributed by atoms with Gasteiger partial charge in [0, 0.05) is 0 Å². The van der Waals surface area contributed by atoms with E-state index in [1.54, 1.807) is 0 Å². The Morgan fingerprint density at radius 2 is 2.06 bits per heavy atom. The van der Waals surface area contributed by atoms with Crippen LogP contribution in [0.2, 0.25) is 0 Å². The van der Waals surface area contributed by atoms with Gasteiger partial charge in [-0.15, -0.1) is 0 Å². The minimum absolute atomic E-state index is 0.0686. The van der Waals surface area contributed by atoms with Crippen LogP contribution in [-0.2, 0) is 9.53 Å². The number of hydrogen-bond donors (Lipinski definition) is 0. The van der Waals surface area contributed by atoms with Crippen molar-refractivity contribution in [2.24, 2.45) is 28.6 Å². The lowest BCUT2D eigenvalue weighted by Crippen LogP contribution is -2.41. The van der Waals surface area contributed by atoms with Crippen molar-refractivity contribution >= 4 is 5.97 Å². The maximum Gasteiger partial charge on any atom is 0.312 e. The highest BCUT2D eigenvalue weighted by Crippen LogP contribution is 2.65. The number of carbonyl (C=O) groups excluding carboxylic acids is 1. The van der Waals surface area contributed by atoms with E-state index in [2.05, 4.69) is 20.8 Å². The second-order valence-electron chi connectivity index (χ2n) is 7.16. The summed E-state index contributed by atoms with van der Waals surface area (Å²) >= 11 is 0. The highest BCUT2D eigenvalue weighted by atomic mass is 16.5. The smallest absolute Gasteiger partial charge is 0.312 e. The van der Waals surface area contributed by atoms with Crippen molar-refractivity contribution < 1.29 is 9.53 Å². The summed E-state index contributed by atoms with van der Waals surface area (Å²) in [6.45, 7) is 7.64. The Morgan fingerprint density at radius 3 is 2.56 bits per heavy atom. The van der Waals surface area contributed by atoms with E-state index in [1.807, 2.05) is 0 Å².